The molecule has 1 aliphatic carbocycles. The Morgan fingerprint density at radius 1 is 1.03 bits per heavy atom. The van der Waals surface area contributed by atoms with E-state index in [0.717, 1.165) is 55.9 Å². The maximum absolute atomic E-state index is 13.3. The highest BCUT2D eigenvalue weighted by Crippen LogP contribution is 2.29. The van der Waals surface area contributed by atoms with Gasteiger partial charge in [0.05, 0.1) is 18.1 Å². The summed E-state index contributed by atoms with van der Waals surface area (Å²) >= 11 is 6.02. The number of carbonyl (C=O) groups is 1. The molecule has 2 aromatic rings. The number of aliphatic hydroxyl groups excluding tert-OH is 1. The number of carbonyl (C=O) groups excluding carboxylic acids is 1. The maximum atomic E-state index is 13.3. The van der Waals surface area contributed by atoms with Crippen molar-refractivity contribution < 1.29 is 14.6 Å². The molecule has 1 amide bonds. The van der Waals surface area contributed by atoms with E-state index in [1.54, 1.807) is 0 Å². The number of nitrogens with one attached hydrogen (secondary N) is 1. The molecule has 1 saturated carbocycles. The third kappa shape index (κ3) is 5.85. The van der Waals surface area contributed by atoms with E-state index in [1.165, 1.54) is 12.8 Å². The Morgan fingerprint density at radius 2 is 1.74 bits per heavy atom. The fraction of sp³-hybridized carbons (Fsp3) is 0.519. The van der Waals surface area contributed by atoms with Gasteiger partial charge in [-0.25, -0.2) is 0 Å². The van der Waals surface area contributed by atoms with Gasteiger partial charge in [0.25, 0.3) is 0 Å². The largest absolute Gasteiger partial charge is 0.490 e. The summed E-state index contributed by atoms with van der Waals surface area (Å²) < 4.78 is 5.84. The van der Waals surface area contributed by atoms with Crippen molar-refractivity contribution in [2.45, 2.75) is 50.4 Å². The average molecular weight is 484 g/mol. The van der Waals surface area contributed by atoms with E-state index in [9.17, 15) is 9.90 Å². The highest BCUT2D eigenvalue weighted by atomic mass is 35.5. The summed E-state index contributed by atoms with van der Waals surface area (Å²) in [7, 11) is 0. The first-order chi connectivity index (χ1) is 16.5. The number of likely N-dealkylation sites (tertiary alicyclic amines) is 1. The summed E-state index contributed by atoms with van der Waals surface area (Å²) in [6, 6.07) is 15.1. The Hall–Kier alpha value is -2.28. The summed E-state index contributed by atoms with van der Waals surface area (Å²) in [5.41, 5.74) is 1.89. The minimum atomic E-state index is -0.770. The zero-order valence-corrected chi connectivity index (χ0v) is 20.3. The van der Waals surface area contributed by atoms with Crippen LogP contribution in [0.5, 0.6) is 5.75 Å². The van der Waals surface area contributed by atoms with Crippen LogP contribution in [-0.2, 0) is 4.79 Å². The van der Waals surface area contributed by atoms with Crippen molar-refractivity contribution in [2.24, 2.45) is 5.92 Å². The van der Waals surface area contributed by atoms with Crippen molar-refractivity contribution in [1.29, 1.82) is 0 Å². The van der Waals surface area contributed by atoms with Gasteiger partial charge in [0, 0.05) is 30.3 Å². The van der Waals surface area contributed by atoms with Crippen molar-refractivity contribution >= 4 is 23.2 Å². The topological polar surface area (TPSA) is 65.0 Å². The molecular weight excluding hydrogens is 450 g/mol. The van der Waals surface area contributed by atoms with Crippen molar-refractivity contribution in [3.05, 3.63) is 59.1 Å². The smallest absolute Gasteiger partial charge is 0.225 e. The SMILES string of the molecule is O=C(N[C@H](CN1CCCC1)[C@H](O)c1ccc(OC2CC2)cc1)[C@@H]1CCN(c2ccc(Cl)cc2)C1. The summed E-state index contributed by atoms with van der Waals surface area (Å²) in [6.07, 6.45) is 4.94. The number of nitrogens with zero attached hydrogens (tertiary/aromatic N) is 2. The molecule has 3 atom stereocenters. The molecule has 0 radical (unpaired) electrons. The highest BCUT2D eigenvalue weighted by molar-refractivity contribution is 6.30. The number of ether oxygens (including phenoxy) is 1. The van der Waals surface area contributed by atoms with Gasteiger partial charge in [-0.2, -0.15) is 0 Å². The molecule has 2 aliphatic heterocycles. The molecule has 0 aromatic heterocycles. The van der Waals surface area contributed by atoms with E-state index in [-0.39, 0.29) is 17.9 Å². The van der Waals surface area contributed by atoms with E-state index in [4.69, 9.17) is 16.3 Å². The van der Waals surface area contributed by atoms with E-state index < -0.39 is 6.10 Å². The van der Waals surface area contributed by atoms with Gasteiger partial charge in [0.2, 0.25) is 5.91 Å². The van der Waals surface area contributed by atoms with Crippen LogP contribution in [0.1, 0.15) is 43.8 Å². The highest BCUT2D eigenvalue weighted by Gasteiger charge is 2.33. The van der Waals surface area contributed by atoms with Crippen LogP contribution in [0, 0.1) is 5.92 Å². The molecule has 182 valence electrons. The molecule has 0 spiro atoms. The van der Waals surface area contributed by atoms with E-state index in [1.807, 2.05) is 48.5 Å². The molecule has 2 heterocycles. The normalized spacial score (nSPS) is 22.5. The lowest BCUT2D eigenvalue weighted by atomic mass is 10.00. The maximum Gasteiger partial charge on any atom is 0.225 e. The van der Waals surface area contributed by atoms with Crippen LogP contribution < -0.4 is 15.0 Å². The zero-order valence-electron chi connectivity index (χ0n) is 19.5. The molecule has 2 N–H and O–H groups in total. The van der Waals surface area contributed by atoms with Crippen LogP contribution in [0.4, 0.5) is 5.69 Å². The number of halogens is 1. The quantitative estimate of drug-likeness (QED) is 0.564. The van der Waals surface area contributed by atoms with E-state index in [0.29, 0.717) is 24.2 Å². The number of benzene rings is 2. The molecule has 6 nitrogen and oxygen atoms in total. The Morgan fingerprint density at radius 3 is 2.41 bits per heavy atom. The monoisotopic (exact) mass is 483 g/mol. The number of hydrogen-bond donors (Lipinski definition) is 2. The van der Waals surface area contributed by atoms with Crippen molar-refractivity contribution in [2.75, 3.05) is 37.6 Å². The second kappa shape index (κ2) is 10.5. The summed E-state index contributed by atoms with van der Waals surface area (Å²) in [5, 5.41) is 15.2. The van der Waals surface area contributed by atoms with Crippen LogP contribution in [0.25, 0.3) is 0 Å². The lowest BCUT2D eigenvalue weighted by Crippen LogP contribution is -2.48. The summed E-state index contributed by atoms with van der Waals surface area (Å²) in [5.74, 6) is 0.762. The molecule has 7 heteroatoms. The second-order valence-electron chi connectivity index (χ2n) is 9.86. The van der Waals surface area contributed by atoms with Crippen LogP contribution in [0.2, 0.25) is 5.02 Å². The van der Waals surface area contributed by atoms with Gasteiger partial charge in [-0.15, -0.1) is 0 Å². The predicted molar refractivity (Wildman–Crippen MR) is 134 cm³/mol. The Labute approximate surface area is 206 Å². The van der Waals surface area contributed by atoms with Gasteiger partial charge in [-0.05, 0) is 87.2 Å². The van der Waals surface area contributed by atoms with Crippen LogP contribution in [-0.4, -0.2) is 60.8 Å². The fourth-order valence-electron chi connectivity index (χ4n) is 4.98. The zero-order chi connectivity index (χ0) is 23.5. The van der Waals surface area contributed by atoms with Crippen LogP contribution in [0.15, 0.2) is 48.5 Å². The van der Waals surface area contributed by atoms with Gasteiger partial charge >= 0.3 is 0 Å². The van der Waals surface area contributed by atoms with Gasteiger partial charge in [0.1, 0.15) is 11.9 Å². The molecule has 3 aliphatic rings. The predicted octanol–water partition coefficient (Wildman–Crippen LogP) is 4.02. The number of amides is 1. The molecule has 34 heavy (non-hydrogen) atoms. The first-order valence-corrected chi connectivity index (χ1v) is 12.9. The van der Waals surface area contributed by atoms with Crippen molar-refractivity contribution in [1.82, 2.24) is 10.2 Å². The Balaban J connectivity index is 1.23. The van der Waals surface area contributed by atoms with Gasteiger partial charge in [0.15, 0.2) is 0 Å². The number of rotatable bonds is 9. The Kier molecular flexibility index (Phi) is 7.28. The molecule has 5 rings (SSSR count). The van der Waals surface area contributed by atoms with Gasteiger partial charge in [-0.1, -0.05) is 23.7 Å². The second-order valence-corrected chi connectivity index (χ2v) is 10.3. The molecule has 2 saturated heterocycles. The lowest BCUT2D eigenvalue weighted by molar-refractivity contribution is -0.126. The minimum absolute atomic E-state index is 0.0217. The Bertz CT molecular complexity index is 958. The van der Waals surface area contributed by atoms with E-state index in [2.05, 4.69) is 15.1 Å². The number of anilines is 1. The van der Waals surface area contributed by atoms with Crippen LogP contribution in [0.3, 0.4) is 0 Å². The fourth-order valence-corrected chi connectivity index (χ4v) is 5.11. The third-order valence-corrected chi connectivity index (χ3v) is 7.41. The molecule has 2 aromatic carbocycles. The van der Waals surface area contributed by atoms with Gasteiger partial charge in [-0.3, -0.25) is 4.79 Å². The van der Waals surface area contributed by atoms with E-state index >= 15 is 0 Å². The molecule has 0 bridgehead atoms. The third-order valence-electron chi connectivity index (χ3n) is 7.16. The van der Waals surface area contributed by atoms with Crippen molar-refractivity contribution in [3.63, 3.8) is 0 Å². The standard InChI is InChI=1S/C27H34ClN3O3/c28-21-5-7-22(8-6-21)31-16-13-20(17-31)27(33)29-25(18-30-14-1-2-15-30)26(32)19-3-9-23(10-4-19)34-24-11-12-24/h3-10,20,24-26,32H,1-2,11-18H2,(H,29,33)/t20-,25-,26-/m1/s1. The minimum Gasteiger partial charge on any atom is -0.490 e. The number of aliphatic hydroxyl groups is 1. The average Bonchev–Trinajstić information content (AvgIpc) is 3.29. The molecule has 0 unspecified atom stereocenters. The molecular formula is C27H34ClN3O3. The number of hydrogen-bond acceptors (Lipinski definition) is 5. The van der Waals surface area contributed by atoms with Crippen molar-refractivity contribution in [3.8, 4) is 5.75 Å². The van der Waals surface area contributed by atoms with Gasteiger partial charge < -0.3 is 25.0 Å². The summed E-state index contributed by atoms with van der Waals surface area (Å²) in [6.45, 7) is 4.19. The van der Waals surface area contributed by atoms with Crippen LogP contribution >= 0.6 is 11.6 Å². The summed E-state index contributed by atoms with van der Waals surface area (Å²) in [4.78, 5) is 17.8. The molecule has 3 fully saturated rings. The first kappa shape index (κ1) is 23.5. The lowest BCUT2D eigenvalue weighted by Gasteiger charge is -2.30. The first-order valence-electron chi connectivity index (χ1n) is 12.5.